The lowest BCUT2D eigenvalue weighted by molar-refractivity contribution is 0.977. The maximum absolute atomic E-state index is 4.41. The molecule has 0 aliphatic rings. The smallest absolute Gasteiger partial charge is 0.0907 e. The van der Waals surface area contributed by atoms with Gasteiger partial charge in [-0.3, -0.25) is 9.97 Å². The summed E-state index contributed by atoms with van der Waals surface area (Å²) in [4.78, 5) is 8.82. The number of pyridine rings is 2. The Labute approximate surface area is 120 Å². The number of nitrogens with one attached hydrogen (secondary N) is 2. The molecule has 4 heteroatoms. The van der Waals surface area contributed by atoms with Crippen molar-refractivity contribution in [3.05, 3.63) is 36.7 Å². The van der Waals surface area contributed by atoms with Gasteiger partial charge in [-0.2, -0.15) is 0 Å². The van der Waals surface area contributed by atoms with Crippen LogP contribution in [-0.2, 0) is 0 Å². The number of rotatable bonds is 7. The Bertz CT molecular complexity index is 490. The lowest BCUT2D eigenvalue weighted by atomic mass is 10.2. The second-order valence-electron chi connectivity index (χ2n) is 4.71. The van der Waals surface area contributed by atoms with E-state index in [9.17, 15) is 0 Å². The maximum atomic E-state index is 4.41. The average molecular weight is 270 g/mol. The molecule has 106 valence electrons. The normalized spacial score (nSPS) is 10.3. The SMILES string of the molecule is CCCNc1ccnc(-c2cc(NCCC)ccn2)c1. The molecule has 0 saturated heterocycles. The van der Waals surface area contributed by atoms with Gasteiger partial charge in [0.05, 0.1) is 11.4 Å². The molecule has 0 bridgehead atoms. The van der Waals surface area contributed by atoms with Crippen LogP contribution in [0.5, 0.6) is 0 Å². The predicted octanol–water partition coefficient (Wildman–Crippen LogP) is 3.79. The van der Waals surface area contributed by atoms with Gasteiger partial charge in [-0.25, -0.2) is 0 Å². The highest BCUT2D eigenvalue weighted by atomic mass is 14.9. The fraction of sp³-hybridized carbons (Fsp3) is 0.375. The first kappa shape index (κ1) is 14.3. The quantitative estimate of drug-likeness (QED) is 0.803. The van der Waals surface area contributed by atoms with E-state index in [2.05, 4.69) is 34.4 Å². The highest BCUT2D eigenvalue weighted by Crippen LogP contribution is 2.20. The van der Waals surface area contributed by atoms with Crippen molar-refractivity contribution in [1.29, 1.82) is 0 Å². The van der Waals surface area contributed by atoms with Crippen molar-refractivity contribution in [2.75, 3.05) is 23.7 Å². The monoisotopic (exact) mass is 270 g/mol. The third-order valence-electron chi connectivity index (χ3n) is 2.94. The zero-order chi connectivity index (χ0) is 14.2. The van der Waals surface area contributed by atoms with Crippen LogP contribution in [0.3, 0.4) is 0 Å². The van der Waals surface area contributed by atoms with Crippen LogP contribution < -0.4 is 10.6 Å². The topological polar surface area (TPSA) is 49.8 Å². The van der Waals surface area contributed by atoms with Crippen LogP contribution in [0.1, 0.15) is 26.7 Å². The van der Waals surface area contributed by atoms with Crippen molar-refractivity contribution in [3.8, 4) is 11.4 Å². The van der Waals surface area contributed by atoms with Crippen LogP contribution in [0, 0.1) is 0 Å². The van der Waals surface area contributed by atoms with E-state index >= 15 is 0 Å². The van der Waals surface area contributed by atoms with E-state index in [0.717, 1.165) is 48.7 Å². The summed E-state index contributed by atoms with van der Waals surface area (Å²) >= 11 is 0. The minimum atomic E-state index is 0.895. The molecule has 0 radical (unpaired) electrons. The Morgan fingerprint density at radius 2 is 1.25 bits per heavy atom. The van der Waals surface area contributed by atoms with Gasteiger partial charge >= 0.3 is 0 Å². The number of hydrogen-bond donors (Lipinski definition) is 2. The molecule has 0 aliphatic heterocycles. The van der Waals surface area contributed by atoms with Crippen molar-refractivity contribution in [2.24, 2.45) is 0 Å². The molecule has 0 spiro atoms. The van der Waals surface area contributed by atoms with Gasteiger partial charge in [-0.1, -0.05) is 13.8 Å². The van der Waals surface area contributed by atoms with Crippen LogP contribution in [0.4, 0.5) is 11.4 Å². The molecule has 0 saturated carbocycles. The fourth-order valence-corrected chi connectivity index (χ4v) is 1.90. The standard InChI is InChI=1S/C16H22N4/c1-3-7-17-13-5-9-19-15(11-13)16-12-14(6-10-20-16)18-8-4-2/h5-6,9-12H,3-4,7-8H2,1-2H3,(H,17,19)(H,18,20). The molecule has 0 fully saturated rings. The Morgan fingerprint density at radius 3 is 1.65 bits per heavy atom. The third kappa shape index (κ3) is 3.95. The summed E-state index contributed by atoms with van der Waals surface area (Å²) in [5, 5.41) is 6.74. The molecule has 4 nitrogen and oxygen atoms in total. The second kappa shape index (κ2) is 7.48. The highest BCUT2D eigenvalue weighted by Gasteiger charge is 2.03. The van der Waals surface area contributed by atoms with Gasteiger partial charge in [0.2, 0.25) is 0 Å². The molecule has 20 heavy (non-hydrogen) atoms. The van der Waals surface area contributed by atoms with Crippen LogP contribution >= 0.6 is 0 Å². The van der Waals surface area contributed by atoms with Crippen molar-refractivity contribution in [1.82, 2.24) is 9.97 Å². The Hall–Kier alpha value is -2.10. The summed E-state index contributed by atoms with van der Waals surface area (Å²) in [6.45, 7) is 6.24. The first-order valence-electron chi connectivity index (χ1n) is 7.23. The number of anilines is 2. The number of hydrogen-bond acceptors (Lipinski definition) is 4. The highest BCUT2D eigenvalue weighted by molar-refractivity contribution is 5.64. The molecule has 2 aromatic rings. The maximum Gasteiger partial charge on any atom is 0.0907 e. The van der Waals surface area contributed by atoms with Crippen molar-refractivity contribution >= 4 is 11.4 Å². The fourth-order valence-electron chi connectivity index (χ4n) is 1.90. The van der Waals surface area contributed by atoms with E-state index in [1.807, 2.05) is 36.7 Å². The summed E-state index contributed by atoms with van der Waals surface area (Å²) in [6, 6.07) is 8.06. The van der Waals surface area contributed by atoms with Gasteiger partial charge in [0.25, 0.3) is 0 Å². The molecule has 2 heterocycles. The van der Waals surface area contributed by atoms with Gasteiger partial charge in [0.15, 0.2) is 0 Å². The van der Waals surface area contributed by atoms with E-state index in [-0.39, 0.29) is 0 Å². The molecular formula is C16H22N4. The van der Waals surface area contributed by atoms with Gasteiger partial charge in [0, 0.05) is 36.9 Å². The van der Waals surface area contributed by atoms with Crippen molar-refractivity contribution < 1.29 is 0 Å². The molecule has 0 unspecified atom stereocenters. The van der Waals surface area contributed by atoms with Crippen LogP contribution in [0.15, 0.2) is 36.7 Å². The Morgan fingerprint density at radius 1 is 0.800 bits per heavy atom. The summed E-state index contributed by atoms with van der Waals surface area (Å²) in [5.41, 5.74) is 3.97. The predicted molar refractivity (Wildman–Crippen MR) is 85.0 cm³/mol. The van der Waals surface area contributed by atoms with Gasteiger partial charge in [-0.15, -0.1) is 0 Å². The zero-order valence-electron chi connectivity index (χ0n) is 12.2. The first-order chi connectivity index (χ1) is 9.83. The largest absolute Gasteiger partial charge is 0.385 e. The molecule has 2 N–H and O–H groups in total. The van der Waals surface area contributed by atoms with E-state index in [0.29, 0.717) is 0 Å². The van der Waals surface area contributed by atoms with Gasteiger partial charge < -0.3 is 10.6 Å². The van der Waals surface area contributed by atoms with E-state index in [4.69, 9.17) is 0 Å². The Kier molecular flexibility index (Phi) is 5.35. The van der Waals surface area contributed by atoms with Crippen LogP contribution in [0.25, 0.3) is 11.4 Å². The minimum Gasteiger partial charge on any atom is -0.385 e. The summed E-state index contributed by atoms with van der Waals surface area (Å²) in [5.74, 6) is 0. The summed E-state index contributed by atoms with van der Waals surface area (Å²) in [6.07, 6.45) is 5.85. The lowest BCUT2D eigenvalue weighted by Gasteiger charge is -2.08. The molecule has 0 atom stereocenters. The Balaban J connectivity index is 2.17. The summed E-state index contributed by atoms with van der Waals surface area (Å²) < 4.78 is 0. The first-order valence-corrected chi connectivity index (χ1v) is 7.23. The van der Waals surface area contributed by atoms with Crippen molar-refractivity contribution in [3.63, 3.8) is 0 Å². The molecule has 0 aromatic carbocycles. The van der Waals surface area contributed by atoms with Gasteiger partial charge in [0.1, 0.15) is 0 Å². The van der Waals surface area contributed by atoms with Gasteiger partial charge in [-0.05, 0) is 37.1 Å². The van der Waals surface area contributed by atoms with Crippen LogP contribution in [0.2, 0.25) is 0 Å². The molecular weight excluding hydrogens is 248 g/mol. The van der Waals surface area contributed by atoms with Crippen LogP contribution in [-0.4, -0.2) is 23.1 Å². The van der Waals surface area contributed by atoms with Crippen molar-refractivity contribution in [2.45, 2.75) is 26.7 Å². The minimum absolute atomic E-state index is 0.895. The molecule has 2 rings (SSSR count). The molecule has 2 aromatic heterocycles. The number of nitrogens with zero attached hydrogens (tertiary/aromatic N) is 2. The third-order valence-corrected chi connectivity index (χ3v) is 2.94. The van der Waals surface area contributed by atoms with E-state index in [1.54, 1.807) is 0 Å². The van der Waals surface area contributed by atoms with E-state index < -0.39 is 0 Å². The zero-order valence-corrected chi connectivity index (χ0v) is 12.2. The lowest BCUT2D eigenvalue weighted by Crippen LogP contribution is -2.01. The molecule has 0 aliphatic carbocycles. The number of aromatic nitrogens is 2. The second-order valence-corrected chi connectivity index (χ2v) is 4.71. The van der Waals surface area contributed by atoms with E-state index in [1.165, 1.54) is 0 Å². The summed E-state index contributed by atoms with van der Waals surface area (Å²) in [7, 11) is 0. The molecule has 0 amide bonds. The average Bonchev–Trinajstić information content (AvgIpc) is 2.51.